The Bertz CT molecular complexity index is 2980. The number of piperidine rings is 2. The number of ether oxygens (including phenoxy) is 4. The number of amides is 1. The van der Waals surface area contributed by atoms with E-state index in [-0.39, 0.29) is 53.9 Å². The number of aryl methyl sites for hydroxylation is 2. The Morgan fingerprint density at radius 1 is 0.912 bits per heavy atom. The van der Waals surface area contributed by atoms with Crippen LogP contribution in [0.3, 0.4) is 0 Å². The van der Waals surface area contributed by atoms with Crippen molar-refractivity contribution >= 4 is 44.8 Å². The second kappa shape index (κ2) is 19.2. The normalized spacial score (nSPS) is 18.6. The van der Waals surface area contributed by atoms with Crippen LogP contribution in [0, 0.1) is 6.92 Å². The van der Waals surface area contributed by atoms with Gasteiger partial charge in [-0.1, -0.05) is 50.1 Å². The van der Waals surface area contributed by atoms with Crippen molar-refractivity contribution in [2.24, 2.45) is 4.40 Å². The van der Waals surface area contributed by atoms with Crippen molar-refractivity contribution < 1.29 is 41.7 Å². The standard InChI is InChI=1S/C51H56N6O10S/c1-5-38-39-27-36(66-50(61)56-24-20-34(21-25-56)55-22-8-7-9-23-55)16-19-43(39)53-47-40(38)30-57-44(47)28-42-41(48(57)59)31-65-49(60)51(42,6-2)67-46(58)29-52-45(26-33-12-14-35(64-4)15-13-33)54-68(62,63)37-17-10-32(3)11-18-37/h10-19,27-28,34H,5-9,20-26,29-31H2,1-4H3,(H,52,54)/t51-/m0/s1. The van der Waals surface area contributed by atoms with Crippen LogP contribution in [0.2, 0.25) is 0 Å². The topological polar surface area (TPSA) is 188 Å². The van der Waals surface area contributed by atoms with Gasteiger partial charge in [0, 0.05) is 42.1 Å². The van der Waals surface area contributed by atoms with Crippen LogP contribution in [-0.4, -0.2) is 97.5 Å². The fourth-order valence-corrected chi connectivity index (χ4v) is 11.0. The summed E-state index contributed by atoms with van der Waals surface area (Å²) >= 11 is 0. The predicted octanol–water partition coefficient (Wildman–Crippen LogP) is 6.58. The minimum atomic E-state index is -4.21. The van der Waals surface area contributed by atoms with Gasteiger partial charge in [0.1, 0.15) is 30.5 Å². The summed E-state index contributed by atoms with van der Waals surface area (Å²) in [5, 5.41) is 3.65. The Kier molecular flexibility index (Phi) is 13.1. The van der Waals surface area contributed by atoms with Crippen molar-refractivity contribution in [1.29, 1.82) is 0 Å². The van der Waals surface area contributed by atoms with E-state index in [1.807, 2.05) is 19.9 Å². The highest BCUT2D eigenvalue weighted by atomic mass is 32.2. The van der Waals surface area contributed by atoms with Crippen LogP contribution < -0.4 is 20.3 Å². The zero-order chi connectivity index (χ0) is 47.7. The van der Waals surface area contributed by atoms with Gasteiger partial charge in [0.15, 0.2) is 0 Å². The molecule has 0 saturated carbocycles. The van der Waals surface area contributed by atoms with E-state index in [1.165, 1.54) is 38.5 Å². The zero-order valence-corrected chi connectivity index (χ0v) is 39.7. The van der Waals surface area contributed by atoms with Gasteiger partial charge in [-0.3, -0.25) is 9.59 Å². The molecular formula is C51H56N6O10S. The van der Waals surface area contributed by atoms with Crippen molar-refractivity contribution in [3.8, 4) is 22.9 Å². The molecular weight excluding hydrogens is 889 g/mol. The van der Waals surface area contributed by atoms with Gasteiger partial charge in [-0.25, -0.2) is 14.6 Å². The zero-order valence-electron chi connectivity index (χ0n) is 38.8. The van der Waals surface area contributed by atoms with Crippen LogP contribution in [0.4, 0.5) is 4.79 Å². The van der Waals surface area contributed by atoms with E-state index in [0.717, 1.165) is 48.0 Å². The lowest BCUT2D eigenvalue weighted by molar-refractivity contribution is -0.188. The number of hydrogen-bond donors (Lipinski definition) is 1. The second-order valence-electron chi connectivity index (χ2n) is 17.9. The van der Waals surface area contributed by atoms with Crippen LogP contribution in [-0.2, 0) is 60.7 Å². The highest BCUT2D eigenvalue weighted by Gasteiger charge is 2.50. The number of esters is 2. The van der Waals surface area contributed by atoms with Gasteiger partial charge in [-0.2, -0.15) is 8.42 Å². The molecule has 356 valence electrons. The minimum Gasteiger partial charge on any atom is -0.497 e. The molecule has 0 bridgehead atoms. The summed E-state index contributed by atoms with van der Waals surface area (Å²) in [7, 11) is -2.68. The Morgan fingerprint density at radius 3 is 2.32 bits per heavy atom. The molecule has 0 spiro atoms. The Morgan fingerprint density at radius 2 is 1.63 bits per heavy atom. The fraction of sp³-hybridized carbons (Fsp3) is 0.412. The third kappa shape index (κ3) is 9.08. The molecule has 68 heavy (non-hydrogen) atoms. The van der Waals surface area contributed by atoms with Gasteiger partial charge in [0.2, 0.25) is 5.60 Å². The molecule has 0 radical (unpaired) electrons. The monoisotopic (exact) mass is 944 g/mol. The number of rotatable bonds is 12. The quantitative estimate of drug-likeness (QED) is 0.0789. The molecule has 2 aromatic heterocycles. The van der Waals surface area contributed by atoms with E-state index in [2.05, 4.69) is 14.6 Å². The number of carbonyl (C=O) groups is 3. The summed E-state index contributed by atoms with van der Waals surface area (Å²) in [6.45, 7) is 8.38. The number of nitrogens with zero attached hydrogens (tertiary/aromatic N) is 5. The smallest absolute Gasteiger partial charge is 0.415 e. The van der Waals surface area contributed by atoms with Crippen LogP contribution in [0.15, 0.2) is 86.9 Å². The molecule has 6 heterocycles. The molecule has 0 aliphatic carbocycles. The van der Waals surface area contributed by atoms with E-state index in [9.17, 15) is 27.6 Å². The lowest BCUT2D eigenvalue weighted by Gasteiger charge is -2.39. The van der Waals surface area contributed by atoms with Crippen molar-refractivity contribution in [3.05, 3.63) is 117 Å². The van der Waals surface area contributed by atoms with Gasteiger partial charge in [0.05, 0.1) is 41.0 Å². The highest BCUT2D eigenvalue weighted by Crippen LogP contribution is 2.42. The molecule has 3 aromatic carbocycles. The van der Waals surface area contributed by atoms with E-state index < -0.39 is 39.7 Å². The first-order valence-corrected chi connectivity index (χ1v) is 24.8. The summed E-state index contributed by atoms with van der Waals surface area (Å²) < 4.78 is 55.5. The summed E-state index contributed by atoms with van der Waals surface area (Å²) in [4.78, 5) is 65.0. The molecule has 1 amide bonds. The largest absolute Gasteiger partial charge is 0.497 e. The number of aromatic nitrogens is 2. The summed E-state index contributed by atoms with van der Waals surface area (Å²) in [6, 6.07) is 20.8. The lowest BCUT2D eigenvalue weighted by Crippen LogP contribution is -2.48. The maximum atomic E-state index is 14.4. The number of methoxy groups -OCH3 is 1. The number of fused-ring (bicyclic) bond motifs is 5. The lowest BCUT2D eigenvalue weighted by atomic mass is 9.85. The number of benzene rings is 3. The number of hydrogen-bond acceptors (Lipinski definition) is 12. The number of pyridine rings is 2. The number of carbonyl (C=O) groups excluding carboxylic acids is 3. The number of amidine groups is 1. The average molecular weight is 945 g/mol. The first-order chi connectivity index (χ1) is 32.8. The SMILES string of the molecule is CCc1c2c(nc3ccc(OC(=O)N4CCC(N5CCCCC5)CC4)cc13)-c1cc3c(c(=O)n1C2)COC(=O)[C@@]3(CC)OC(=O)CNC(Cc1ccc(OC)cc1)=NS(=O)(=O)c1ccc(C)cc1. The summed E-state index contributed by atoms with van der Waals surface area (Å²) in [6.07, 6.45) is 5.76. The maximum absolute atomic E-state index is 14.4. The number of likely N-dealkylation sites (tertiary alicyclic amines) is 2. The van der Waals surface area contributed by atoms with Crippen molar-refractivity contribution in [1.82, 2.24) is 24.7 Å². The molecule has 2 saturated heterocycles. The molecule has 2 fully saturated rings. The van der Waals surface area contributed by atoms with E-state index in [4.69, 9.17) is 23.9 Å². The van der Waals surface area contributed by atoms with Crippen LogP contribution in [0.25, 0.3) is 22.3 Å². The minimum absolute atomic E-state index is 0.000359. The van der Waals surface area contributed by atoms with Crippen LogP contribution >= 0.6 is 0 Å². The fourth-order valence-electron chi connectivity index (χ4n) is 10.0. The molecule has 9 rings (SSSR count). The predicted molar refractivity (Wildman–Crippen MR) is 254 cm³/mol. The van der Waals surface area contributed by atoms with Gasteiger partial charge >= 0.3 is 18.0 Å². The van der Waals surface area contributed by atoms with E-state index in [1.54, 1.807) is 71.0 Å². The molecule has 4 aliphatic rings. The molecule has 1 atom stereocenters. The molecule has 4 aliphatic heterocycles. The molecule has 16 nitrogen and oxygen atoms in total. The number of nitrogens with one attached hydrogen (secondary N) is 1. The first kappa shape index (κ1) is 46.5. The maximum Gasteiger partial charge on any atom is 0.415 e. The van der Waals surface area contributed by atoms with E-state index >= 15 is 0 Å². The molecule has 5 aromatic rings. The Hall–Kier alpha value is -6.59. The Balaban J connectivity index is 0.965. The van der Waals surface area contributed by atoms with Crippen molar-refractivity contribution in [3.63, 3.8) is 0 Å². The Labute approximate surface area is 395 Å². The van der Waals surface area contributed by atoms with Crippen molar-refractivity contribution in [2.75, 3.05) is 39.8 Å². The number of cyclic esters (lactones) is 1. The third-order valence-electron chi connectivity index (χ3n) is 13.7. The van der Waals surface area contributed by atoms with Gasteiger partial charge in [0.25, 0.3) is 15.6 Å². The molecule has 17 heteroatoms. The second-order valence-corrected chi connectivity index (χ2v) is 19.5. The van der Waals surface area contributed by atoms with Crippen LogP contribution in [0.1, 0.15) is 85.8 Å². The summed E-state index contributed by atoms with van der Waals surface area (Å²) in [5.74, 6) is -0.787. The van der Waals surface area contributed by atoms with Gasteiger partial charge in [-0.05, 0) is 118 Å². The van der Waals surface area contributed by atoms with Gasteiger partial charge < -0.3 is 38.6 Å². The molecule has 0 unspecified atom stereocenters. The highest BCUT2D eigenvalue weighted by molar-refractivity contribution is 7.90. The third-order valence-corrected chi connectivity index (χ3v) is 15.1. The van der Waals surface area contributed by atoms with Gasteiger partial charge in [-0.15, -0.1) is 4.40 Å². The molecule has 1 N–H and O–H groups in total. The van der Waals surface area contributed by atoms with Crippen LogP contribution in [0.5, 0.6) is 11.5 Å². The number of sulfonamides is 1. The van der Waals surface area contributed by atoms with E-state index in [0.29, 0.717) is 59.5 Å². The average Bonchev–Trinajstić information content (AvgIpc) is 3.72. The summed E-state index contributed by atoms with van der Waals surface area (Å²) in [5.41, 5.74) is 2.93. The van der Waals surface area contributed by atoms with Crippen molar-refractivity contribution in [2.45, 2.75) is 102 Å². The first-order valence-electron chi connectivity index (χ1n) is 23.4.